The van der Waals surface area contributed by atoms with Gasteiger partial charge in [-0.2, -0.15) is 0 Å². The number of nitrogens with two attached hydrogens (primary N) is 1. The Kier molecular flexibility index (Phi) is 8.59. The average molecular weight is 598 g/mol. The van der Waals surface area contributed by atoms with Crippen molar-refractivity contribution < 1.29 is 22.7 Å². The molecule has 10 heteroatoms. The lowest BCUT2D eigenvalue weighted by Gasteiger charge is -2.49. The van der Waals surface area contributed by atoms with Gasteiger partial charge in [0.2, 0.25) is 15.9 Å². The lowest BCUT2D eigenvalue weighted by molar-refractivity contribution is -0.175. The molecule has 0 spiro atoms. The van der Waals surface area contributed by atoms with Crippen molar-refractivity contribution in [3.63, 3.8) is 0 Å². The van der Waals surface area contributed by atoms with Crippen LogP contribution in [0.5, 0.6) is 0 Å². The van der Waals surface area contributed by atoms with Crippen LogP contribution < -0.4 is 10.0 Å². The number of primary amides is 1. The molecule has 2 amide bonds. The van der Waals surface area contributed by atoms with Gasteiger partial charge in [-0.1, -0.05) is 60.7 Å². The summed E-state index contributed by atoms with van der Waals surface area (Å²) in [6.07, 6.45) is 4.46. The minimum atomic E-state index is -3.65. The molecule has 2 N–H and O–H groups in total. The van der Waals surface area contributed by atoms with Gasteiger partial charge in [0.25, 0.3) is 5.91 Å². The summed E-state index contributed by atoms with van der Waals surface area (Å²) < 4.78 is 35.4. The first-order chi connectivity index (χ1) is 19.6. The second-order valence-electron chi connectivity index (χ2n) is 11.0. The molecule has 0 aromatic heterocycles. The van der Waals surface area contributed by atoms with Crippen LogP contribution in [0, 0.1) is 5.92 Å². The zero-order valence-corrected chi connectivity index (χ0v) is 24.6. The predicted octanol–water partition coefficient (Wildman–Crippen LogP) is 4.76. The highest BCUT2D eigenvalue weighted by Gasteiger charge is 2.52. The number of sulfonamides is 1. The third-order valence-electron chi connectivity index (χ3n) is 8.10. The largest absolute Gasteiger partial charge is 0.370 e. The van der Waals surface area contributed by atoms with Crippen LogP contribution in [0.4, 0.5) is 5.69 Å². The fourth-order valence-corrected chi connectivity index (χ4v) is 7.71. The number of halogens is 1. The molecule has 2 aromatic rings. The maximum absolute atomic E-state index is 14.3. The third-order valence-corrected chi connectivity index (χ3v) is 10.6. The molecule has 5 rings (SSSR count). The standard InChI is InChI=1S/C31H36ClN3O5S/c1-3-20(4-2)30-29(22-12-14-23(32)15-13-22)35(31(37)27(40-30)18-28(33)36)26(21-10-11-21)19-34(24-8-6-5-7-9-24)41(38,39)25-16-17-25/h3-9,12-15,21,25-27,29-30H,1,10-11,16-19H2,2H3,(H2,33,36)/b20-4+/t26-,27+,29-,30-/m1/s1. The van der Waals surface area contributed by atoms with Gasteiger partial charge in [-0.3, -0.25) is 13.9 Å². The summed E-state index contributed by atoms with van der Waals surface area (Å²) in [6.45, 7) is 5.92. The molecule has 1 saturated heterocycles. The Hall–Kier alpha value is -3.14. The molecule has 3 aliphatic rings. The van der Waals surface area contributed by atoms with Crippen molar-refractivity contribution in [3.8, 4) is 0 Å². The van der Waals surface area contributed by atoms with Crippen LogP contribution in [0.3, 0.4) is 0 Å². The van der Waals surface area contributed by atoms with Gasteiger partial charge in [0.1, 0.15) is 12.2 Å². The highest BCUT2D eigenvalue weighted by Crippen LogP contribution is 2.46. The summed E-state index contributed by atoms with van der Waals surface area (Å²) in [4.78, 5) is 28.1. The Labute approximate surface area is 246 Å². The Bertz CT molecular complexity index is 1420. The van der Waals surface area contributed by atoms with Gasteiger partial charge in [0.05, 0.1) is 36.0 Å². The summed E-state index contributed by atoms with van der Waals surface area (Å²) in [5.74, 6) is -0.953. The molecule has 3 fully saturated rings. The van der Waals surface area contributed by atoms with Gasteiger partial charge in [0, 0.05) is 5.02 Å². The average Bonchev–Trinajstić information content (AvgIpc) is 3.86. The number of ether oxygens (including phenoxy) is 1. The van der Waals surface area contributed by atoms with Gasteiger partial charge >= 0.3 is 0 Å². The molecule has 0 radical (unpaired) electrons. The number of allylic oxidation sites excluding steroid dienone is 1. The first-order valence-electron chi connectivity index (χ1n) is 14.0. The molecule has 2 aromatic carbocycles. The number of anilines is 1. The maximum atomic E-state index is 14.3. The summed E-state index contributed by atoms with van der Waals surface area (Å²) in [5, 5.41) is 0.117. The molecule has 0 bridgehead atoms. The van der Waals surface area contributed by atoms with Gasteiger partial charge in [-0.05, 0) is 73.9 Å². The number of hydrogen-bond acceptors (Lipinski definition) is 5. The topological polar surface area (TPSA) is 110 Å². The maximum Gasteiger partial charge on any atom is 0.253 e. The molecule has 0 unspecified atom stereocenters. The van der Waals surface area contributed by atoms with Gasteiger partial charge in [0.15, 0.2) is 0 Å². The van der Waals surface area contributed by atoms with Crippen LogP contribution in [0.2, 0.25) is 5.02 Å². The van der Waals surface area contributed by atoms with E-state index in [1.54, 1.807) is 35.2 Å². The van der Waals surface area contributed by atoms with E-state index in [-0.39, 0.29) is 24.8 Å². The van der Waals surface area contributed by atoms with E-state index >= 15 is 0 Å². The summed E-state index contributed by atoms with van der Waals surface area (Å²) >= 11 is 6.23. The number of benzene rings is 2. The molecule has 2 aliphatic carbocycles. The van der Waals surface area contributed by atoms with Crippen LogP contribution >= 0.6 is 11.6 Å². The molecule has 41 heavy (non-hydrogen) atoms. The Morgan fingerprint density at radius 3 is 2.34 bits per heavy atom. The second-order valence-corrected chi connectivity index (χ2v) is 13.5. The number of nitrogens with zero attached hydrogens (tertiary/aromatic N) is 2. The van der Waals surface area contributed by atoms with E-state index in [1.807, 2.05) is 43.3 Å². The van der Waals surface area contributed by atoms with E-state index in [0.717, 1.165) is 24.0 Å². The molecular formula is C31H36ClN3O5S. The minimum absolute atomic E-state index is 0.0835. The predicted molar refractivity (Wildman–Crippen MR) is 160 cm³/mol. The highest BCUT2D eigenvalue weighted by atomic mass is 35.5. The van der Waals surface area contributed by atoms with E-state index < -0.39 is 45.5 Å². The minimum Gasteiger partial charge on any atom is -0.370 e. The first kappa shape index (κ1) is 29.4. The number of carbonyl (C=O) groups excluding carboxylic acids is 2. The number of para-hydroxylation sites is 1. The van der Waals surface area contributed by atoms with Crippen LogP contribution in [-0.4, -0.2) is 55.2 Å². The van der Waals surface area contributed by atoms with Crippen molar-refractivity contribution in [1.82, 2.24) is 4.90 Å². The number of carbonyl (C=O) groups is 2. The highest BCUT2D eigenvalue weighted by molar-refractivity contribution is 7.93. The lowest BCUT2D eigenvalue weighted by Crippen LogP contribution is -2.61. The van der Waals surface area contributed by atoms with Crippen LogP contribution in [0.15, 0.2) is 78.9 Å². The molecule has 8 nitrogen and oxygen atoms in total. The monoisotopic (exact) mass is 597 g/mol. The number of rotatable bonds is 12. The van der Waals surface area contributed by atoms with Crippen molar-refractivity contribution in [2.45, 2.75) is 68.6 Å². The number of morpholine rings is 1. The van der Waals surface area contributed by atoms with Crippen molar-refractivity contribution in [2.75, 3.05) is 10.8 Å². The smallest absolute Gasteiger partial charge is 0.253 e. The Balaban J connectivity index is 1.64. The first-order valence-corrected chi connectivity index (χ1v) is 15.9. The van der Waals surface area contributed by atoms with E-state index in [2.05, 4.69) is 6.58 Å². The normalized spacial score (nSPS) is 24.1. The SMILES string of the molecule is C=C/C(=C\C)[C@H]1O[C@@H](CC(N)=O)C(=O)N([C@H](CN(c2ccccc2)S(=O)(=O)C2CC2)C2CC2)[C@@H]1c1ccc(Cl)cc1. The molecular weight excluding hydrogens is 562 g/mol. The quantitative estimate of drug-likeness (QED) is 0.355. The fraction of sp³-hybridized carbons (Fsp3) is 0.419. The van der Waals surface area contributed by atoms with Gasteiger partial charge in [-0.25, -0.2) is 8.42 Å². The lowest BCUT2D eigenvalue weighted by atomic mass is 9.88. The molecule has 2 saturated carbocycles. The zero-order valence-electron chi connectivity index (χ0n) is 23.1. The van der Waals surface area contributed by atoms with E-state index in [9.17, 15) is 18.0 Å². The van der Waals surface area contributed by atoms with E-state index in [1.165, 1.54) is 4.31 Å². The zero-order chi connectivity index (χ0) is 29.3. The van der Waals surface area contributed by atoms with Gasteiger partial charge in [-0.15, -0.1) is 0 Å². The summed E-state index contributed by atoms with van der Waals surface area (Å²) in [6, 6.07) is 15.2. The Morgan fingerprint density at radius 1 is 1.15 bits per heavy atom. The van der Waals surface area contributed by atoms with Crippen molar-refractivity contribution in [3.05, 3.63) is 89.5 Å². The number of amides is 2. The van der Waals surface area contributed by atoms with Crippen molar-refractivity contribution in [1.29, 1.82) is 0 Å². The van der Waals surface area contributed by atoms with Crippen LogP contribution in [0.25, 0.3) is 0 Å². The Morgan fingerprint density at radius 2 is 1.80 bits per heavy atom. The molecule has 1 aliphatic heterocycles. The van der Waals surface area contributed by atoms with Gasteiger partial charge < -0.3 is 15.4 Å². The van der Waals surface area contributed by atoms with Crippen LogP contribution in [-0.2, 0) is 24.3 Å². The molecule has 1 heterocycles. The second kappa shape index (κ2) is 12.0. The fourth-order valence-electron chi connectivity index (χ4n) is 5.71. The van der Waals surface area contributed by atoms with Crippen molar-refractivity contribution >= 4 is 39.1 Å². The molecule has 4 atom stereocenters. The molecule has 218 valence electrons. The number of hydrogen-bond donors (Lipinski definition) is 1. The van der Waals surface area contributed by atoms with E-state index in [0.29, 0.717) is 23.6 Å². The summed E-state index contributed by atoms with van der Waals surface area (Å²) in [5.41, 5.74) is 7.66. The van der Waals surface area contributed by atoms with Crippen LogP contribution in [0.1, 0.15) is 50.6 Å². The third kappa shape index (κ3) is 6.22. The van der Waals surface area contributed by atoms with Crippen molar-refractivity contribution in [2.24, 2.45) is 11.7 Å². The van der Waals surface area contributed by atoms with E-state index in [4.69, 9.17) is 22.1 Å². The summed E-state index contributed by atoms with van der Waals surface area (Å²) in [7, 11) is -3.65.